The van der Waals surface area contributed by atoms with E-state index in [1.165, 1.54) is 10.4 Å². The second-order valence-corrected chi connectivity index (χ2v) is 9.71. The Bertz CT molecular complexity index is 1020. The Morgan fingerprint density at radius 2 is 1.87 bits per heavy atom. The number of carbonyl (C=O) groups is 1. The van der Waals surface area contributed by atoms with Crippen LogP contribution in [-0.4, -0.2) is 44.9 Å². The highest BCUT2D eigenvalue weighted by molar-refractivity contribution is 7.89. The van der Waals surface area contributed by atoms with Gasteiger partial charge in [-0.2, -0.15) is 4.31 Å². The van der Waals surface area contributed by atoms with Crippen LogP contribution in [0, 0.1) is 5.92 Å². The van der Waals surface area contributed by atoms with Crippen molar-refractivity contribution >= 4 is 22.0 Å². The fourth-order valence-corrected chi connectivity index (χ4v) is 4.90. The SMILES string of the molecule is CC1CC1c1ccc(/C=C/C(=O)NCc2ccc(S(=O)(=O)N3CCOCC3)cc2)o1. The first-order valence-corrected chi connectivity index (χ1v) is 11.6. The number of hydrogen-bond acceptors (Lipinski definition) is 5. The third-order valence-corrected chi connectivity index (χ3v) is 7.43. The van der Waals surface area contributed by atoms with E-state index in [4.69, 9.17) is 9.15 Å². The molecule has 160 valence electrons. The summed E-state index contributed by atoms with van der Waals surface area (Å²) in [5, 5.41) is 2.80. The molecule has 2 atom stereocenters. The zero-order chi connectivity index (χ0) is 21.1. The number of nitrogens with one attached hydrogen (secondary N) is 1. The fourth-order valence-electron chi connectivity index (χ4n) is 3.50. The van der Waals surface area contributed by atoms with Crippen molar-refractivity contribution in [1.82, 2.24) is 9.62 Å². The van der Waals surface area contributed by atoms with Gasteiger partial charge in [-0.1, -0.05) is 19.1 Å². The van der Waals surface area contributed by atoms with Crippen LogP contribution in [0.4, 0.5) is 0 Å². The molecule has 0 radical (unpaired) electrons. The van der Waals surface area contributed by atoms with E-state index in [2.05, 4.69) is 12.2 Å². The van der Waals surface area contributed by atoms with Crippen LogP contribution in [0.5, 0.6) is 0 Å². The van der Waals surface area contributed by atoms with Gasteiger partial charge in [-0.05, 0) is 48.2 Å². The number of furan rings is 1. The van der Waals surface area contributed by atoms with Crippen LogP contribution >= 0.6 is 0 Å². The number of ether oxygens (including phenoxy) is 1. The summed E-state index contributed by atoms with van der Waals surface area (Å²) >= 11 is 0. The van der Waals surface area contributed by atoms with E-state index >= 15 is 0 Å². The highest BCUT2D eigenvalue weighted by atomic mass is 32.2. The number of carbonyl (C=O) groups excluding carboxylic acids is 1. The van der Waals surface area contributed by atoms with Gasteiger partial charge >= 0.3 is 0 Å². The van der Waals surface area contributed by atoms with E-state index in [0.29, 0.717) is 50.4 Å². The molecule has 0 spiro atoms. The second kappa shape index (κ2) is 8.75. The first kappa shape index (κ1) is 20.8. The van der Waals surface area contributed by atoms with Crippen LogP contribution in [0.3, 0.4) is 0 Å². The normalized spacial score (nSPS) is 22.3. The fraction of sp³-hybridized carbons (Fsp3) is 0.409. The summed E-state index contributed by atoms with van der Waals surface area (Å²) in [6.07, 6.45) is 4.25. The van der Waals surface area contributed by atoms with Crippen molar-refractivity contribution in [2.45, 2.75) is 30.7 Å². The highest BCUT2D eigenvalue weighted by Gasteiger charge is 2.36. The van der Waals surface area contributed by atoms with Crippen molar-refractivity contribution in [3.8, 4) is 0 Å². The summed E-state index contributed by atoms with van der Waals surface area (Å²) in [6.45, 7) is 4.06. The van der Waals surface area contributed by atoms with Gasteiger partial charge in [-0.15, -0.1) is 0 Å². The lowest BCUT2D eigenvalue weighted by Crippen LogP contribution is -2.40. The first-order valence-electron chi connectivity index (χ1n) is 10.2. The Labute approximate surface area is 176 Å². The average molecular weight is 431 g/mol. The van der Waals surface area contributed by atoms with Crippen molar-refractivity contribution in [3.05, 3.63) is 59.6 Å². The third-order valence-electron chi connectivity index (χ3n) is 5.52. The maximum absolute atomic E-state index is 12.6. The van der Waals surface area contributed by atoms with Gasteiger partial charge in [0.2, 0.25) is 15.9 Å². The smallest absolute Gasteiger partial charge is 0.244 e. The monoisotopic (exact) mass is 430 g/mol. The summed E-state index contributed by atoms with van der Waals surface area (Å²) in [6, 6.07) is 10.4. The average Bonchev–Trinajstić information content (AvgIpc) is 3.31. The van der Waals surface area contributed by atoms with E-state index in [1.807, 2.05) is 12.1 Å². The lowest BCUT2D eigenvalue weighted by Gasteiger charge is -2.26. The molecule has 30 heavy (non-hydrogen) atoms. The molecule has 2 aliphatic rings. The van der Waals surface area contributed by atoms with E-state index in [1.54, 1.807) is 30.3 Å². The molecule has 1 amide bonds. The third kappa shape index (κ3) is 4.83. The minimum atomic E-state index is -3.51. The minimum absolute atomic E-state index is 0.238. The Morgan fingerprint density at radius 1 is 1.17 bits per heavy atom. The van der Waals surface area contributed by atoms with Gasteiger partial charge in [-0.25, -0.2) is 8.42 Å². The maximum Gasteiger partial charge on any atom is 0.244 e. The summed E-state index contributed by atoms with van der Waals surface area (Å²) in [7, 11) is -3.51. The molecule has 1 aromatic carbocycles. The van der Waals surface area contributed by atoms with E-state index in [9.17, 15) is 13.2 Å². The van der Waals surface area contributed by atoms with E-state index in [0.717, 1.165) is 17.7 Å². The molecule has 7 nitrogen and oxygen atoms in total. The number of sulfonamides is 1. The number of morpholine rings is 1. The highest BCUT2D eigenvalue weighted by Crippen LogP contribution is 2.47. The van der Waals surface area contributed by atoms with Crippen LogP contribution in [0.25, 0.3) is 6.08 Å². The molecule has 2 unspecified atom stereocenters. The molecular weight excluding hydrogens is 404 g/mol. The molecule has 1 aromatic heterocycles. The Kier molecular flexibility index (Phi) is 6.08. The standard InChI is InChI=1S/C22H26N2O5S/c1-16-14-20(16)21-8-4-18(29-21)5-9-22(25)23-15-17-2-6-19(7-3-17)30(26,27)24-10-12-28-13-11-24/h2-9,16,20H,10-15H2,1H3,(H,23,25)/b9-5+. The van der Waals surface area contributed by atoms with Gasteiger partial charge in [-0.3, -0.25) is 4.79 Å². The van der Waals surface area contributed by atoms with Crippen molar-refractivity contribution in [2.24, 2.45) is 5.92 Å². The van der Waals surface area contributed by atoms with Gasteiger partial charge in [0.1, 0.15) is 11.5 Å². The van der Waals surface area contributed by atoms with Gasteiger partial charge < -0.3 is 14.5 Å². The van der Waals surface area contributed by atoms with Crippen LogP contribution in [0.15, 0.2) is 51.8 Å². The number of nitrogens with zero attached hydrogens (tertiary/aromatic N) is 1. The zero-order valence-electron chi connectivity index (χ0n) is 16.9. The van der Waals surface area contributed by atoms with Crippen molar-refractivity contribution < 1.29 is 22.4 Å². The first-order chi connectivity index (χ1) is 14.4. The Hall–Kier alpha value is -2.42. The molecule has 2 fully saturated rings. The maximum atomic E-state index is 12.6. The van der Waals surface area contributed by atoms with Crippen LogP contribution in [0.1, 0.15) is 36.3 Å². The Morgan fingerprint density at radius 3 is 2.53 bits per heavy atom. The lowest BCUT2D eigenvalue weighted by atomic mass is 10.2. The van der Waals surface area contributed by atoms with E-state index in [-0.39, 0.29) is 10.8 Å². The quantitative estimate of drug-likeness (QED) is 0.683. The summed E-state index contributed by atoms with van der Waals surface area (Å²) in [5.41, 5.74) is 0.820. The number of hydrogen-bond donors (Lipinski definition) is 1. The summed E-state index contributed by atoms with van der Waals surface area (Å²) in [4.78, 5) is 12.3. The molecule has 4 rings (SSSR count). The van der Waals surface area contributed by atoms with Crippen molar-refractivity contribution in [3.63, 3.8) is 0 Å². The van der Waals surface area contributed by atoms with Crippen molar-refractivity contribution in [2.75, 3.05) is 26.3 Å². The van der Waals surface area contributed by atoms with Crippen LogP contribution in [-0.2, 0) is 26.1 Å². The topological polar surface area (TPSA) is 88.9 Å². The van der Waals surface area contributed by atoms with Crippen LogP contribution in [0.2, 0.25) is 0 Å². The van der Waals surface area contributed by atoms with E-state index < -0.39 is 10.0 Å². The van der Waals surface area contributed by atoms with Gasteiger partial charge in [0.05, 0.1) is 18.1 Å². The van der Waals surface area contributed by atoms with Gasteiger partial charge in [0, 0.05) is 31.6 Å². The Balaban J connectivity index is 1.29. The molecule has 1 aliphatic heterocycles. The van der Waals surface area contributed by atoms with Gasteiger partial charge in [0.25, 0.3) is 0 Å². The number of benzene rings is 1. The molecule has 1 saturated carbocycles. The number of rotatable bonds is 7. The molecule has 1 N–H and O–H groups in total. The summed E-state index contributed by atoms with van der Waals surface area (Å²) in [5.74, 6) is 2.59. The molecular formula is C22H26N2O5S. The van der Waals surface area contributed by atoms with Gasteiger partial charge in [0.15, 0.2) is 0 Å². The molecule has 1 aliphatic carbocycles. The molecule has 8 heteroatoms. The largest absolute Gasteiger partial charge is 0.461 e. The molecule has 1 saturated heterocycles. The second-order valence-electron chi connectivity index (χ2n) is 7.77. The summed E-state index contributed by atoms with van der Waals surface area (Å²) < 4.78 is 37.7. The number of amides is 1. The zero-order valence-corrected chi connectivity index (χ0v) is 17.7. The van der Waals surface area contributed by atoms with Crippen molar-refractivity contribution in [1.29, 1.82) is 0 Å². The molecule has 0 bridgehead atoms. The predicted molar refractivity (Wildman–Crippen MR) is 112 cm³/mol. The minimum Gasteiger partial charge on any atom is -0.461 e. The predicted octanol–water partition coefficient (Wildman–Crippen LogP) is 2.75. The molecule has 2 aromatic rings. The molecule has 2 heterocycles. The lowest BCUT2D eigenvalue weighted by molar-refractivity contribution is -0.116. The van der Waals surface area contributed by atoms with Crippen LogP contribution < -0.4 is 5.32 Å².